The highest BCUT2D eigenvalue weighted by atomic mass is 32.1. The third-order valence-corrected chi connectivity index (χ3v) is 5.11. The molecule has 0 radical (unpaired) electrons. The zero-order valence-electron chi connectivity index (χ0n) is 15.3. The van der Waals surface area contributed by atoms with Crippen LogP contribution in [-0.2, 0) is 13.0 Å². The van der Waals surface area contributed by atoms with E-state index >= 15 is 0 Å². The van der Waals surface area contributed by atoms with Crippen LogP contribution in [0.1, 0.15) is 31.0 Å². The number of aromatic hydroxyl groups is 1. The van der Waals surface area contributed by atoms with Crippen molar-refractivity contribution in [2.24, 2.45) is 0 Å². The number of phenols is 1. The highest BCUT2D eigenvalue weighted by molar-refractivity contribution is 7.18. The second-order valence-corrected chi connectivity index (χ2v) is 7.03. The number of nitro benzene ring substituents is 2. The fourth-order valence-electron chi connectivity index (χ4n) is 2.63. The summed E-state index contributed by atoms with van der Waals surface area (Å²) in [5.41, 5.74) is -0.350. The number of nitro groups is 2. The number of phenolic OH excluding ortho intramolecular Hbond substituents is 1. The molecule has 3 aromatic rings. The summed E-state index contributed by atoms with van der Waals surface area (Å²) < 4.78 is 1.60. The van der Waals surface area contributed by atoms with Gasteiger partial charge in [0, 0.05) is 18.2 Å². The Morgan fingerprint density at radius 3 is 2.69 bits per heavy atom. The summed E-state index contributed by atoms with van der Waals surface area (Å²) in [6.07, 6.45) is 5.63. The smallest absolute Gasteiger partial charge is 0.317 e. The van der Waals surface area contributed by atoms with E-state index in [-0.39, 0.29) is 12.1 Å². The number of aryl methyl sites for hydroxylation is 1. The Labute approximate surface area is 168 Å². The lowest BCUT2D eigenvalue weighted by Crippen LogP contribution is -2.03. The molecule has 0 atom stereocenters. The highest BCUT2D eigenvalue weighted by Crippen LogP contribution is 2.35. The molecule has 2 heterocycles. The van der Waals surface area contributed by atoms with Crippen molar-refractivity contribution in [3.63, 3.8) is 0 Å². The Morgan fingerprint density at radius 1 is 1.28 bits per heavy atom. The summed E-state index contributed by atoms with van der Waals surface area (Å²) in [5.74, 6) is -0.618. The zero-order valence-corrected chi connectivity index (χ0v) is 16.1. The van der Waals surface area contributed by atoms with Gasteiger partial charge in [-0.05, 0) is 12.8 Å². The van der Waals surface area contributed by atoms with Crippen LogP contribution in [-0.4, -0.2) is 34.7 Å². The largest absolute Gasteiger partial charge is 0.502 e. The molecule has 0 bridgehead atoms. The number of hydrogen-bond acceptors (Lipinski definition) is 10. The number of rotatable bonds is 9. The van der Waals surface area contributed by atoms with Gasteiger partial charge < -0.3 is 10.4 Å². The number of hydrogen-bond donors (Lipinski definition) is 2. The zero-order chi connectivity index (χ0) is 21.0. The Bertz CT molecular complexity index is 1030. The fourth-order valence-corrected chi connectivity index (χ4v) is 3.57. The second kappa shape index (κ2) is 8.60. The molecule has 29 heavy (non-hydrogen) atoms. The monoisotopic (exact) mass is 419 g/mol. The Balaban J connectivity index is 1.88. The number of thiazole rings is 1. The maximum Gasteiger partial charge on any atom is 0.317 e. The van der Waals surface area contributed by atoms with Crippen LogP contribution in [0.2, 0.25) is 0 Å². The van der Waals surface area contributed by atoms with E-state index in [1.807, 2.05) is 0 Å². The Hall–Kier alpha value is -3.61. The van der Waals surface area contributed by atoms with Gasteiger partial charge in [0.05, 0.1) is 21.6 Å². The molecule has 1 aromatic carbocycles. The maximum atomic E-state index is 11.1. The first-order chi connectivity index (χ1) is 13.9. The van der Waals surface area contributed by atoms with Crippen LogP contribution in [0.3, 0.4) is 0 Å². The average molecular weight is 419 g/mol. The second-order valence-electron chi connectivity index (χ2n) is 6.05. The minimum Gasteiger partial charge on any atom is -0.502 e. The van der Waals surface area contributed by atoms with Crippen LogP contribution in [0.15, 0.2) is 24.8 Å². The van der Waals surface area contributed by atoms with E-state index < -0.39 is 27.0 Å². The Kier molecular flexibility index (Phi) is 5.97. The van der Waals surface area contributed by atoms with Gasteiger partial charge in [-0.2, -0.15) is 5.10 Å². The van der Waals surface area contributed by atoms with E-state index in [0.29, 0.717) is 5.13 Å². The van der Waals surface area contributed by atoms with Gasteiger partial charge >= 0.3 is 5.69 Å². The fraction of sp³-hybridized carbons (Fsp3) is 0.312. The van der Waals surface area contributed by atoms with Crippen molar-refractivity contribution in [2.75, 3.05) is 5.32 Å². The molecular weight excluding hydrogens is 402 g/mol. The van der Waals surface area contributed by atoms with Gasteiger partial charge in [0.1, 0.15) is 17.7 Å². The quantitative estimate of drug-likeness (QED) is 0.391. The van der Waals surface area contributed by atoms with Crippen LogP contribution in [0.5, 0.6) is 5.75 Å². The van der Waals surface area contributed by atoms with Crippen LogP contribution in [0.25, 0.3) is 5.00 Å². The standard InChI is InChI=1S/C16H17N7O5S/c1-2-3-4-12-15(21-9-17-8-19-21)29-16(20-12)18-7-10-5-11(22(25)26)6-13(14(10)24)23(27)28/h5-6,8-9,24H,2-4,7H2,1H3,(H,18,20). The number of nitrogens with zero attached hydrogens (tertiary/aromatic N) is 6. The summed E-state index contributed by atoms with van der Waals surface area (Å²) in [4.78, 5) is 29.0. The molecule has 0 aliphatic heterocycles. The number of unbranched alkanes of at least 4 members (excludes halogenated alkanes) is 1. The van der Waals surface area contributed by atoms with Gasteiger partial charge in [0.25, 0.3) is 5.69 Å². The van der Waals surface area contributed by atoms with Gasteiger partial charge in [0.15, 0.2) is 10.9 Å². The third-order valence-electron chi connectivity index (χ3n) is 4.06. The third kappa shape index (κ3) is 4.45. The average Bonchev–Trinajstić information content (AvgIpc) is 3.34. The highest BCUT2D eigenvalue weighted by Gasteiger charge is 2.24. The number of aromatic nitrogens is 4. The molecule has 0 spiro atoms. The first kappa shape index (κ1) is 20.1. The molecular formula is C16H17N7O5S. The summed E-state index contributed by atoms with van der Waals surface area (Å²) in [5, 5.41) is 40.6. The molecule has 2 N–H and O–H groups in total. The minimum absolute atomic E-state index is 0.0264. The van der Waals surface area contributed by atoms with Gasteiger partial charge in [-0.15, -0.1) is 0 Å². The predicted molar refractivity (Wildman–Crippen MR) is 104 cm³/mol. The lowest BCUT2D eigenvalue weighted by Gasteiger charge is -2.06. The molecule has 13 heteroatoms. The number of benzene rings is 1. The van der Waals surface area contributed by atoms with E-state index in [4.69, 9.17) is 0 Å². The van der Waals surface area contributed by atoms with Gasteiger partial charge in [-0.1, -0.05) is 24.7 Å². The van der Waals surface area contributed by atoms with Crippen molar-refractivity contribution in [1.82, 2.24) is 19.7 Å². The van der Waals surface area contributed by atoms with Crippen molar-refractivity contribution in [2.45, 2.75) is 32.7 Å². The molecule has 0 aliphatic rings. The first-order valence-electron chi connectivity index (χ1n) is 8.64. The molecule has 0 fully saturated rings. The Morgan fingerprint density at radius 2 is 2.07 bits per heavy atom. The van der Waals surface area contributed by atoms with Crippen molar-refractivity contribution in [3.05, 3.63) is 56.3 Å². The lowest BCUT2D eigenvalue weighted by atomic mass is 10.1. The van der Waals surface area contributed by atoms with Crippen LogP contribution in [0, 0.1) is 20.2 Å². The molecule has 3 rings (SSSR count). The van der Waals surface area contributed by atoms with Crippen molar-refractivity contribution >= 4 is 27.8 Å². The molecule has 0 saturated heterocycles. The van der Waals surface area contributed by atoms with Crippen molar-refractivity contribution in [1.29, 1.82) is 0 Å². The summed E-state index contributed by atoms with van der Waals surface area (Å²) in [7, 11) is 0. The predicted octanol–water partition coefficient (Wildman–Crippen LogP) is 3.20. The van der Waals surface area contributed by atoms with Crippen LogP contribution in [0.4, 0.5) is 16.5 Å². The summed E-state index contributed by atoms with van der Waals surface area (Å²) >= 11 is 1.30. The summed E-state index contributed by atoms with van der Waals surface area (Å²) in [6.45, 7) is 1.99. The van der Waals surface area contributed by atoms with Crippen molar-refractivity contribution in [3.8, 4) is 10.8 Å². The summed E-state index contributed by atoms with van der Waals surface area (Å²) in [6, 6.07) is 1.83. The van der Waals surface area contributed by atoms with E-state index in [1.54, 1.807) is 11.0 Å². The van der Waals surface area contributed by atoms with E-state index in [2.05, 4.69) is 27.3 Å². The molecule has 152 valence electrons. The SMILES string of the molecule is CCCCc1nc(NCc2cc([N+](=O)[O-])cc([N+](=O)[O-])c2O)sc1-n1cncn1. The van der Waals surface area contributed by atoms with Crippen molar-refractivity contribution < 1.29 is 15.0 Å². The maximum absolute atomic E-state index is 11.1. The van der Waals surface area contributed by atoms with Gasteiger partial charge in [0.2, 0.25) is 0 Å². The number of non-ortho nitro benzene ring substituents is 1. The van der Waals surface area contributed by atoms with E-state index in [1.165, 1.54) is 17.7 Å². The van der Waals surface area contributed by atoms with Gasteiger partial charge in [-0.25, -0.2) is 14.6 Å². The number of anilines is 1. The molecule has 2 aromatic heterocycles. The van der Waals surface area contributed by atoms with E-state index in [0.717, 1.165) is 42.1 Å². The number of nitrogens with one attached hydrogen (secondary N) is 1. The van der Waals surface area contributed by atoms with Crippen LogP contribution < -0.4 is 5.32 Å². The lowest BCUT2D eigenvalue weighted by molar-refractivity contribution is -0.394. The molecule has 0 aliphatic carbocycles. The normalized spacial score (nSPS) is 10.8. The molecule has 0 amide bonds. The molecule has 12 nitrogen and oxygen atoms in total. The first-order valence-corrected chi connectivity index (χ1v) is 9.45. The van der Waals surface area contributed by atoms with E-state index in [9.17, 15) is 25.3 Å². The van der Waals surface area contributed by atoms with Crippen LogP contribution >= 0.6 is 11.3 Å². The minimum atomic E-state index is -0.860. The molecule has 0 saturated carbocycles. The molecule has 0 unspecified atom stereocenters. The van der Waals surface area contributed by atoms with Gasteiger partial charge in [-0.3, -0.25) is 20.2 Å². The topological polar surface area (TPSA) is 162 Å².